The maximum absolute atomic E-state index is 5.94. The molecular weight excluding hydrogens is 239 g/mol. The molecule has 0 bridgehead atoms. The molecule has 0 saturated carbocycles. The summed E-state index contributed by atoms with van der Waals surface area (Å²) in [7, 11) is 0. The Morgan fingerprint density at radius 2 is 2.14 bits per heavy atom. The fraction of sp³-hybridized carbons (Fsp3) is 0.333. The average molecular weight is 251 g/mol. The van der Waals surface area contributed by atoms with Crippen LogP contribution in [-0.4, -0.2) is 6.04 Å². The highest BCUT2D eigenvalue weighted by atomic mass is 35.5. The number of nitrogens with one attached hydrogen (secondary N) is 2. The number of thiophene rings is 1. The zero-order chi connectivity index (χ0) is 10.7. The highest BCUT2D eigenvalue weighted by Crippen LogP contribution is 2.36. The molecular formula is C9H12Cl2N2S. The van der Waals surface area contributed by atoms with Gasteiger partial charge in [0.05, 0.1) is 16.5 Å². The van der Waals surface area contributed by atoms with E-state index in [-0.39, 0.29) is 0 Å². The number of hydrogen-bond acceptors (Lipinski definition) is 3. The first-order valence-electron chi connectivity index (χ1n) is 4.15. The Morgan fingerprint density at radius 3 is 2.57 bits per heavy atom. The largest absolute Gasteiger partial charge is 0.370 e. The Kier molecular flexibility index (Phi) is 4.11. The summed E-state index contributed by atoms with van der Waals surface area (Å²) in [6.07, 6.45) is 0. The molecule has 0 saturated heterocycles. The van der Waals surface area contributed by atoms with E-state index in [0.29, 0.717) is 15.4 Å². The zero-order valence-corrected chi connectivity index (χ0v) is 10.4. The number of halogens is 2. The van der Waals surface area contributed by atoms with Gasteiger partial charge in [-0.1, -0.05) is 29.8 Å². The second kappa shape index (κ2) is 4.91. The van der Waals surface area contributed by atoms with Crippen molar-refractivity contribution < 1.29 is 0 Å². The van der Waals surface area contributed by atoms with Crippen LogP contribution in [0.25, 0.3) is 0 Å². The molecule has 0 aromatic carbocycles. The third kappa shape index (κ3) is 3.08. The maximum atomic E-state index is 5.94. The van der Waals surface area contributed by atoms with E-state index in [0.717, 1.165) is 11.5 Å². The van der Waals surface area contributed by atoms with Crippen molar-refractivity contribution in [2.75, 3.05) is 5.32 Å². The van der Waals surface area contributed by atoms with Crippen LogP contribution in [0.3, 0.4) is 0 Å². The first kappa shape index (κ1) is 11.7. The van der Waals surface area contributed by atoms with Crippen molar-refractivity contribution in [2.24, 2.45) is 0 Å². The lowest BCUT2D eigenvalue weighted by Crippen LogP contribution is -2.25. The van der Waals surface area contributed by atoms with Gasteiger partial charge < -0.3 is 10.6 Å². The van der Waals surface area contributed by atoms with Gasteiger partial charge in [-0.3, -0.25) is 0 Å². The Bertz CT molecular complexity index is 334. The molecule has 0 aliphatic carbocycles. The second-order valence-corrected chi connectivity index (χ2v) is 5.00. The summed E-state index contributed by atoms with van der Waals surface area (Å²) in [5.41, 5.74) is 0.791. The Morgan fingerprint density at radius 1 is 1.50 bits per heavy atom. The number of anilines is 1. The minimum absolute atomic E-state index is 0.336. The molecule has 1 rings (SSSR count). The van der Waals surface area contributed by atoms with E-state index in [9.17, 15) is 0 Å². The first-order chi connectivity index (χ1) is 6.50. The second-order valence-electron chi connectivity index (χ2n) is 3.14. The van der Waals surface area contributed by atoms with Gasteiger partial charge >= 0.3 is 0 Å². The molecule has 1 aromatic heterocycles. The molecule has 2 N–H and O–H groups in total. The molecule has 0 unspecified atom stereocenters. The van der Waals surface area contributed by atoms with Crippen molar-refractivity contribution in [3.8, 4) is 0 Å². The van der Waals surface area contributed by atoms with Crippen LogP contribution in [0.2, 0.25) is 9.36 Å². The van der Waals surface area contributed by atoms with Crippen LogP contribution >= 0.6 is 34.5 Å². The molecule has 2 nitrogen and oxygen atoms in total. The van der Waals surface area contributed by atoms with Gasteiger partial charge in [0.1, 0.15) is 4.34 Å². The molecule has 0 aliphatic rings. The quantitative estimate of drug-likeness (QED) is 0.847. The van der Waals surface area contributed by atoms with Gasteiger partial charge in [0, 0.05) is 11.4 Å². The van der Waals surface area contributed by atoms with Gasteiger partial charge in [0.2, 0.25) is 0 Å². The fourth-order valence-electron chi connectivity index (χ4n) is 0.951. The van der Waals surface area contributed by atoms with E-state index in [2.05, 4.69) is 17.2 Å². The molecule has 0 amide bonds. The normalized spacial score (nSPS) is 10.4. The molecule has 0 radical (unpaired) electrons. The Balaban J connectivity index is 2.61. The number of rotatable bonds is 4. The average Bonchev–Trinajstić information content (AvgIpc) is 2.34. The highest BCUT2D eigenvalue weighted by molar-refractivity contribution is 7.15. The zero-order valence-electron chi connectivity index (χ0n) is 8.03. The molecule has 0 atom stereocenters. The van der Waals surface area contributed by atoms with Gasteiger partial charge in [0.25, 0.3) is 0 Å². The summed E-state index contributed by atoms with van der Waals surface area (Å²) in [6, 6.07) is 0.336. The van der Waals surface area contributed by atoms with Crippen LogP contribution < -0.4 is 10.6 Å². The lowest BCUT2D eigenvalue weighted by Gasteiger charge is -2.14. The van der Waals surface area contributed by atoms with Gasteiger partial charge in [-0.05, 0) is 13.8 Å². The molecule has 78 valence electrons. The van der Waals surface area contributed by atoms with Gasteiger partial charge in [-0.25, -0.2) is 0 Å². The van der Waals surface area contributed by atoms with E-state index in [4.69, 9.17) is 23.2 Å². The minimum Gasteiger partial charge on any atom is -0.370 e. The van der Waals surface area contributed by atoms with Crippen molar-refractivity contribution in [1.82, 2.24) is 5.32 Å². The lowest BCUT2D eigenvalue weighted by molar-refractivity contribution is 0.674. The van der Waals surface area contributed by atoms with E-state index >= 15 is 0 Å². The minimum atomic E-state index is 0.336. The summed E-state index contributed by atoms with van der Waals surface area (Å²) in [5, 5.41) is 8.58. The van der Waals surface area contributed by atoms with E-state index in [1.54, 1.807) is 0 Å². The van der Waals surface area contributed by atoms with Gasteiger partial charge in [-0.15, -0.1) is 11.3 Å². The first-order valence-corrected chi connectivity index (χ1v) is 5.79. The van der Waals surface area contributed by atoms with Crippen LogP contribution in [0.5, 0.6) is 0 Å². The lowest BCUT2D eigenvalue weighted by atomic mass is 10.4. The van der Waals surface area contributed by atoms with Crippen LogP contribution in [0.15, 0.2) is 17.8 Å². The highest BCUT2D eigenvalue weighted by Gasteiger charge is 2.07. The number of hydrogen-bond donors (Lipinski definition) is 2. The summed E-state index contributed by atoms with van der Waals surface area (Å²) in [6.45, 7) is 7.89. The molecule has 0 fully saturated rings. The topological polar surface area (TPSA) is 24.1 Å². The standard InChI is InChI=1S/C9H12Cl2N2S/c1-5(2)12-6(3)13-7-4-14-9(11)8(7)10/h4-5,12-13H,3H2,1-2H3. The summed E-state index contributed by atoms with van der Waals surface area (Å²) < 4.78 is 0.589. The Hall–Kier alpha value is -0.380. The van der Waals surface area contributed by atoms with E-state index in [1.807, 2.05) is 19.2 Å². The fourth-order valence-corrected chi connectivity index (χ4v) is 2.10. The van der Waals surface area contributed by atoms with E-state index < -0.39 is 0 Å². The molecule has 1 heterocycles. The molecule has 0 spiro atoms. The van der Waals surface area contributed by atoms with Crippen molar-refractivity contribution in [1.29, 1.82) is 0 Å². The summed E-state index contributed by atoms with van der Waals surface area (Å²) in [5.74, 6) is 0.719. The Labute approximate surface area is 97.9 Å². The maximum Gasteiger partial charge on any atom is 0.114 e. The molecule has 14 heavy (non-hydrogen) atoms. The van der Waals surface area contributed by atoms with Crippen molar-refractivity contribution >= 4 is 40.2 Å². The van der Waals surface area contributed by atoms with Crippen LogP contribution in [-0.2, 0) is 0 Å². The third-order valence-electron chi connectivity index (χ3n) is 1.44. The van der Waals surface area contributed by atoms with Gasteiger partial charge in [0.15, 0.2) is 0 Å². The van der Waals surface area contributed by atoms with E-state index in [1.165, 1.54) is 11.3 Å². The van der Waals surface area contributed by atoms with Crippen molar-refractivity contribution in [2.45, 2.75) is 19.9 Å². The predicted molar refractivity (Wildman–Crippen MR) is 65.4 cm³/mol. The summed E-state index contributed by atoms with van der Waals surface area (Å²) >= 11 is 13.1. The molecule has 1 aromatic rings. The van der Waals surface area contributed by atoms with Crippen LogP contribution in [0, 0.1) is 0 Å². The van der Waals surface area contributed by atoms with Crippen molar-refractivity contribution in [3.05, 3.63) is 27.1 Å². The monoisotopic (exact) mass is 250 g/mol. The smallest absolute Gasteiger partial charge is 0.114 e. The predicted octanol–water partition coefficient (Wildman–Crippen LogP) is 3.94. The van der Waals surface area contributed by atoms with Crippen LogP contribution in [0.1, 0.15) is 13.8 Å². The van der Waals surface area contributed by atoms with Crippen molar-refractivity contribution in [3.63, 3.8) is 0 Å². The SMILES string of the molecule is C=C(Nc1csc(Cl)c1Cl)NC(C)C. The van der Waals surface area contributed by atoms with Gasteiger partial charge in [-0.2, -0.15) is 0 Å². The van der Waals surface area contributed by atoms with Crippen LogP contribution in [0.4, 0.5) is 5.69 Å². The molecule has 0 aliphatic heterocycles. The molecule has 5 heteroatoms. The summed E-state index contributed by atoms with van der Waals surface area (Å²) in [4.78, 5) is 0. The third-order valence-corrected chi connectivity index (χ3v) is 3.26.